The Balaban J connectivity index is 1.55. The molecule has 4 aromatic rings. The second kappa shape index (κ2) is 6.65. The number of hydrogen-bond acceptors (Lipinski definition) is 4. The third-order valence-corrected chi connectivity index (χ3v) is 4.40. The van der Waals surface area contributed by atoms with Gasteiger partial charge in [-0.3, -0.25) is 9.89 Å². The first kappa shape index (κ1) is 16.4. The number of nitrogens with zero attached hydrogens (tertiary/aromatic N) is 2. The lowest BCUT2D eigenvalue weighted by Gasteiger charge is -2.05. The number of hydrogen-bond donors (Lipinski definition) is 2. The maximum atomic E-state index is 12.5. The summed E-state index contributed by atoms with van der Waals surface area (Å²) < 4.78 is 5.16. The SMILES string of the molecule is COc1cc(C(=O)Cc2cc(-c3nc4ccccc4[nH]3)n[nH]2)ccc1Cl. The molecule has 0 radical (unpaired) electrons. The number of methoxy groups -OCH3 is 1. The fourth-order valence-electron chi connectivity index (χ4n) is 2.76. The number of aromatic amines is 2. The van der Waals surface area contributed by atoms with E-state index >= 15 is 0 Å². The van der Waals surface area contributed by atoms with Crippen molar-refractivity contribution >= 4 is 28.4 Å². The highest BCUT2D eigenvalue weighted by Gasteiger charge is 2.14. The van der Waals surface area contributed by atoms with Crippen molar-refractivity contribution < 1.29 is 9.53 Å². The number of para-hydroxylation sites is 2. The number of imidazole rings is 1. The Morgan fingerprint density at radius 3 is 2.85 bits per heavy atom. The molecule has 0 fully saturated rings. The van der Waals surface area contributed by atoms with Gasteiger partial charge in [-0.15, -0.1) is 0 Å². The summed E-state index contributed by atoms with van der Waals surface area (Å²) in [5.41, 5.74) is 3.72. The van der Waals surface area contributed by atoms with Gasteiger partial charge in [0.1, 0.15) is 11.4 Å². The third-order valence-electron chi connectivity index (χ3n) is 4.09. The minimum absolute atomic E-state index is 0.0558. The Kier molecular flexibility index (Phi) is 4.18. The van der Waals surface area contributed by atoms with Crippen molar-refractivity contribution in [3.05, 3.63) is 64.8 Å². The molecule has 0 saturated carbocycles. The molecule has 0 aliphatic carbocycles. The van der Waals surface area contributed by atoms with Gasteiger partial charge >= 0.3 is 0 Å². The molecule has 7 heteroatoms. The Hall–Kier alpha value is -3.12. The number of aromatic nitrogens is 4. The van der Waals surface area contributed by atoms with Gasteiger partial charge in [-0.05, 0) is 36.4 Å². The van der Waals surface area contributed by atoms with Crippen molar-refractivity contribution in [2.75, 3.05) is 7.11 Å². The summed E-state index contributed by atoms with van der Waals surface area (Å²) in [7, 11) is 1.52. The molecule has 2 aromatic carbocycles. The van der Waals surface area contributed by atoms with E-state index in [0.29, 0.717) is 33.5 Å². The standard InChI is InChI=1S/C19H15ClN4O2/c1-26-18-8-11(6-7-13(18)20)17(25)10-12-9-16(24-23-12)19-21-14-4-2-3-5-15(14)22-19/h2-9H,10H2,1H3,(H,21,22)(H,23,24). The minimum atomic E-state index is -0.0558. The molecule has 130 valence electrons. The van der Waals surface area contributed by atoms with E-state index in [2.05, 4.69) is 20.2 Å². The fraction of sp³-hybridized carbons (Fsp3) is 0.105. The van der Waals surface area contributed by atoms with Gasteiger partial charge in [-0.2, -0.15) is 5.10 Å². The number of carbonyl (C=O) groups excluding carboxylic acids is 1. The number of fused-ring (bicyclic) bond motifs is 1. The quantitative estimate of drug-likeness (QED) is 0.522. The molecule has 0 aliphatic rings. The summed E-state index contributed by atoms with van der Waals surface area (Å²) >= 11 is 6.00. The van der Waals surface area contributed by atoms with Crippen molar-refractivity contribution in [1.82, 2.24) is 20.2 Å². The molecular formula is C19H15ClN4O2. The lowest BCUT2D eigenvalue weighted by Crippen LogP contribution is -2.04. The number of H-pyrrole nitrogens is 2. The number of ether oxygens (including phenoxy) is 1. The lowest BCUT2D eigenvalue weighted by atomic mass is 10.1. The molecule has 2 heterocycles. The van der Waals surface area contributed by atoms with Crippen LogP contribution in [0.5, 0.6) is 5.75 Å². The van der Waals surface area contributed by atoms with Crippen molar-refractivity contribution in [3.63, 3.8) is 0 Å². The predicted octanol–water partition coefficient (Wildman–Crippen LogP) is 4.04. The highest BCUT2D eigenvalue weighted by molar-refractivity contribution is 6.32. The van der Waals surface area contributed by atoms with E-state index in [1.165, 1.54) is 7.11 Å². The molecule has 0 saturated heterocycles. The van der Waals surface area contributed by atoms with Gasteiger partial charge in [0.25, 0.3) is 0 Å². The average molecular weight is 367 g/mol. The molecule has 0 aliphatic heterocycles. The van der Waals surface area contributed by atoms with Crippen LogP contribution in [0.1, 0.15) is 16.1 Å². The summed E-state index contributed by atoms with van der Waals surface area (Å²) in [5, 5.41) is 7.63. The van der Waals surface area contributed by atoms with E-state index in [1.54, 1.807) is 18.2 Å². The topological polar surface area (TPSA) is 83.7 Å². The minimum Gasteiger partial charge on any atom is -0.495 e. The van der Waals surface area contributed by atoms with Gasteiger partial charge in [-0.1, -0.05) is 23.7 Å². The van der Waals surface area contributed by atoms with Crippen LogP contribution in [-0.4, -0.2) is 33.1 Å². The Bertz CT molecular complexity index is 1070. The van der Waals surface area contributed by atoms with Crippen LogP contribution < -0.4 is 4.74 Å². The number of rotatable bonds is 5. The average Bonchev–Trinajstić information content (AvgIpc) is 3.28. The van der Waals surface area contributed by atoms with Crippen molar-refractivity contribution in [3.8, 4) is 17.3 Å². The highest BCUT2D eigenvalue weighted by atomic mass is 35.5. The van der Waals surface area contributed by atoms with Gasteiger partial charge in [0.05, 0.1) is 29.6 Å². The van der Waals surface area contributed by atoms with Crippen LogP contribution in [0.4, 0.5) is 0 Å². The summed E-state index contributed by atoms with van der Waals surface area (Å²) in [5.74, 6) is 1.08. The molecule has 2 aromatic heterocycles. The predicted molar refractivity (Wildman–Crippen MR) is 99.7 cm³/mol. The number of ketones is 1. The number of benzene rings is 2. The van der Waals surface area contributed by atoms with E-state index in [4.69, 9.17) is 16.3 Å². The Morgan fingerprint density at radius 2 is 2.04 bits per heavy atom. The number of carbonyl (C=O) groups is 1. The van der Waals surface area contributed by atoms with Crippen LogP contribution in [0.3, 0.4) is 0 Å². The van der Waals surface area contributed by atoms with Gasteiger partial charge in [0.2, 0.25) is 0 Å². The lowest BCUT2D eigenvalue weighted by molar-refractivity contribution is 0.0991. The molecule has 26 heavy (non-hydrogen) atoms. The van der Waals surface area contributed by atoms with Crippen LogP contribution in [0, 0.1) is 0 Å². The van der Waals surface area contributed by atoms with Crippen LogP contribution in [0.2, 0.25) is 5.02 Å². The van der Waals surface area contributed by atoms with Crippen LogP contribution in [-0.2, 0) is 6.42 Å². The Morgan fingerprint density at radius 1 is 1.19 bits per heavy atom. The zero-order chi connectivity index (χ0) is 18.1. The first-order chi connectivity index (χ1) is 12.6. The van der Waals surface area contributed by atoms with Crippen LogP contribution in [0.15, 0.2) is 48.5 Å². The zero-order valence-electron chi connectivity index (χ0n) is 13.9. The zero-order valence-corrected chi connectivity index (χ0v) is 14.7. The summed E-state index contributed by atoms with van der Waals surface area (Å²) in [6.45, 7) is 0. The monoisotopic (exact) mass is 366 g/mol. The molecule has 0 unspecified atom stereocenters. The molecule has 0 spiro atoms. The van der Waals surface area contributed by atoms with E-state index < -0.39 is 0 Å². The first-order valence-electron chi connectivity index (χ1n) is 8.00. The van der Waals surface area contributed by atoms with E-state index in [0.717, 1.165) is 11.0 Å². The second-order valence-electron chi connectivity index (χ2n) is 5.83. The second-order valence-corrected chi connectivity index (χ2v) is 6.24. The van der Waals surface area contributed by atoms with Crippen molar-refractivity contribution in [1.29, 1.82) is 0 Å². The summed E-state index contributed by atoms with van der Waals surface area (Å²) in [4.78, 5) is 20.2. The molecule has 4 rings (SSSR count). The Labute approximate surface area is 154 Å². The maximum Gasteiger partial charge on any atom is 0.168 e. The van der Waals surface area contributed by atoms with Crippen LogP contribution in [0.25, 0.3) is 22.6 Å². The maximum absolute atomic E-state index is 12.5. The molecule has 0 bridgehead atoms. The normalized spacial score (nSPS) is 11.0. The van der Waals surface area contributed by atoms with Gasteiger partial charge in [0, 0.05) is 11.3 Å². The van der Waals surface area contributed by atoms with Crippen molar-refractivity contribution in [2.45, 2.75) is 6.42 Å². The number of halogens is 1. The van der Waals surface area contributed by atoms with Gasteiger partial charge in [0.15, 0.2) is 11.6 Å². The van der Waals surface area contributed by atoms with E-state index in [1.807, 2.05) is 30.3 Å². The molecule has 0 atom stereocenters. The van der Waals surface area contributed by atoms with Gasteiger partial charge in [-0.25, -0.2) is 4.98 Å². The summed E-state index contributed by atoms with van der Waals surface area (Å²) in [6, 6.07) is 14.6. The molecule has 2 N–H and O–H groups in total. The number of Topliss-reactive ketones (excluding diaryl/α,β-unsaturated/α-hetero) is 1. The molecule has 0 amide bonds. The number of nitrogens with one attached hydrogen (secondary N) is 2. The third kappa shape index (κ3) is 3.07. The van der Waals surface area contributed by atoms with Crippen LogP contribution >= 0.6 is 11.6 Å². The first-order valence-corrected chi connectivity index (χ1v) is 8.38. The largest absolute Gasteiger partial charge is 0.495 e. The van der Waals surface area contributed by atoms with Crippen molar-refractivity contribution in [2.24, 2.45) is 0 Å². The molecular weight excluding hydrogens is 352 g/mol. The van der Waals surface area contributed by atoms with Gasteiger partial charge < -0.3 is 9.72 Å². The smallest absolute Gasteiger partial charge is 0.168 e. The molecule has 6 nitrogen and oxygen atoms in total. The summed E-state index contributed by atoms with van der Waals surface area (Å²) in [6.07, 6.45) is 0.192. The highest BCUT2D eigenvalue weighted by Crippen LogP contribution is 2.26. The van der Waals surface area contributed by atoms with E-state index in [9.17, 15) is 4.79 Å². The fourth-order valence-corrected chi connectivity index (χ4v) is 2.95. The van der Waals surface area contributed by atoms with E-state index in [-0.39, 0.29) is 12.2 Å².